The standard InChI is InChI=1S/C8H17O2/c1-6(2)5-8(9,10)7(3)4/h6,9-10H,5H2,1-4H3. The van der Waals surface area contributed by atoms with Gasteiger partial charge in [0.2, 0.25) is 0 Å². The molecule has 0 unspecified atom stereocenters. The van der Waals surface area contributed by atoms with Crippen LogP contribution in [0.15, 0.2) is 0 Å². The van der Waals surface area contributed by atoms with E-state index in [1.54, 1.807) is 13.8 Å². The lowest BCUT2D eigenvalue weighted by Crippen LogP contribution is -2.34. The van der Waals surface area contributed by atoms with Gasteiger partial charge in [0.1, 0.15) is 0 Å². The van der Waals surface area contributed by atoms with E-state index in [2.05, 4.69) is 0 Å². The Bertz CT molecular complexity index is 95.4. The summed E-state index contributed by atoms with van der Waals surface area (Å²) in [5.41, 5.74) is 0. The predicted octanol–water partition coefficient (Wildman–Crippen LogP) is 1.33. The maximum absolute atomic E-state index is 9.28. The highest BCUT2D eigenvalue weighted by Crippen LogP contribution is 2.23. The molecule has 0 atom stereocenters. The largest absolute Gasteiger partial charge is 0.365 e. The molecule has 0 saturated carbocycles. The molecular formula is C8H17O2. The molecule has 0 amide bonds. The van der Waals surface area contributed by atoms with Crippen LogP contribution in [-0.4, -0.2) is 16.0 Å². The van der Waals surface area contributed by atoms with Crippen molar-refractivity contribution in [3.8, 4) is 0 Å². The van der Waals surface area contributed by atoms with Gasteiger partial charge in [0.05, 0.1) is 0 Å². The summed E-state index contributed by atoms with van der Waals surface area (Å²) in [4.78, 5) is 0. The smallest absolute Gasteiger partial charge is 0.168 e. The zero-order valence-electron chi connectivity index (χ0n) is 7.18. The minimum Gasteiger partial charge on any atom is -0.365 e. The summed E-state index contributed by atoms with van der Waals surface area (Å²) in [6.07, 6.45) is 0.412. The summed E-state index contributed by atoms with van der Waals surface area (Å²) in [5, 5.41) is 18.6. The lowest BCUT2D eigenvalue weighted by molar-refractivity contribution is -0.156. The Morgan fingerprint density at radius 1 is 1.30 bits per heavy atom. The third-order valence-electron chi connectivity index (χ3n) is 1.49. The van der Waals surface area contributed by atoms with Crippen molar-refractivity contribution in [2.24, 2.45) is 5.92 Å². The number of hydrogen-bond donors (Lipinski definition) is 2. The fraction of sp³-hybridized carbons (Fsp3) is 0.875. The molecule has 0 aliphatic rings. The van der Waals surface area contributed by atoms with Crippen LogP contribution in [-0.2, 0) is 0 Å². The van der Waals surface area contributed by atoms with Crippen molar-refractivity contribution in [3.05, 3.63) is 5.92 Å². The van der Waals surface area contributed by atoms with E-state index in [1.807, 2.05) is 13.8 Å². The van der Waals surface area contributed by atoms with Crippen LogP contribution in [0.5, 0.6) is 0 Å². The number of rotatable bonds is 3. The molecule has 0 fully saturated rings. The molecule has 0 aromatic heterocycles. The molecule has 2 nitrogen and oxygen atoms in total. The van der Waals surface area contributed by atoms with E-state index in [4.69, 9.17) is 0 Å². The van der Waals surface area contributed by atoms with Gasteiger partial charge in [0.25, 0.3) is 0 Å². The Morgan fingerprint density at radius 3 is 1.80 bits per heavy atom. The van der Waals surface area contributed by atoms with Crippen LogP contribution >= 0.6 is 0 Å². The molecule has 10 heavy (non-hydrogen) atoms. The zero-order valence-corrected chi connectivity index (χ0v) is 7.18. The summed E-state index contributed by atoms with van der Waals surface area (Å²) < 4.78 is 0. The third-order valence-corrected chi connectivity index (χ3v) is 1.49. The molecule has 0 spiro atoms. The van der Waals surface area contributed by atoms with Gasteiger partial charge < -0.3 is 10.2 Å². The summed E-state index contributed by atoms with van der Waals surface area (Å²) in [6.45, 7) is 7.37. The van der Waals surface area contributed by atoms with Crippen molar-refractivity contribution >= 4 is 0 Å². The first-order chi connectivity index (χ1) is 4.36. The summed E-state index contributed by atoms with van der Waals surface area (Å²) in [5.74, 6) is -0.597. The second-order valence-electron chi connectivity index (χ2n) is 3.41. The van der Waals surface area contributed by atoms with Crippen LogP contribution in [0.1, 0.15) is 34.1 Å². The van der Waals surface area contributed by atoms with Crippen molar-refractivity contribution in [3.63, 3.8) is 0 Å². The third kappa shape index (κ3) is 3.18. The Morgan fingerprint density at radius 2 is 1.70 bits per heavy atom. The molecule has 0 aromatic carbocycles. The minimum absolute atomic E-state index is 0.310. The monoisotopic (exact) mass is 145 g/mol. The van der Waals surface area contributed by atoms with Crippen LogP contribution in [0, 0.1) is 11.8 Å². The summed E-state index contributed by atoms with van der Waals surface area (Å²) >= 11 is 0. The molecule has 0 aliphatic carbocycles. The van der Waals surface area contributed by atoms with E-state index >= 15 is 0 Å². The number of aliphatic hydroxyl groups is 2. The van der Waals surface area contributed by atoms with Gasteiger partial charge in [-0.25, -0.2) is 0 Å². The van der Waals surface area contributed by atoms with Crippen LogP contribution < -0.4 is 0 Å². The Balaban J connectivity index is 3.87. The van der Waals surface area contributed by atoms with Gasteiger partial charge in [-0.15, -0.1) is 0 Å². The van der Waals surface area contributed by atoms with Gasteiger partial charge in [0.15, 0.2) is 5.79 Å². The fourth-order valence-corrected chi connectivity index (χ4v) is 0.773. The second-order valence-corrected chi connectivity index (χ2v) is 3.41. The van der Waals surface area contributed by atoms with E-state index in [-0.39, 0.29) is 0 Å². The Kier molecular flexibility index (Phi) is 3.33. The maximum atomic E-state index is 9.28. The SMILES string of the molecule is C[C](C)C(O)(O)CC(C)C. The molecule has 0 heterocycles. The van der Waals surface area contributed by atoms with Crippen LogP contribution in [0.2, 0.25) is 0 Å². The minimum atomic E-state index is -1.56. The van der Waals surface area contributed by atoms with Crippen LogP contribution in [0.3, 0.4) is 0 Å². The van der Waals surface area contributed by atoms with Gasteiger partial charge in [-0.3, -0.25) is 0 Å². The van der Waals surface area contributed by atoms with Crippen molar-refractivity contribution in [2.45, 2.75) is 39.9 Å². The fourth-order valence-electron chi connectivity index (χ4n) is 0.773. The molecule has 61 valence electrons. The van der Waals surface area contributed by atoms with Crippen molar-refractivity contribution in [2.75, 3.05) is 0 Å². The van der Waals surface area contributed by atoms with Crippen LogP contribution in [0.4, 0.5) is 0 Å². The molecule has 0 saturated heterocycles. The van der Waals surface area contributed by atoms with Crippen LogP contribution in [0.25, 0.3) is 0 Å². The lowest BCUT2D eigenvalue weighted by atomic mass is 9.94. The molecule has 0 rings (SSSR count). The maximum Gasteiger partial charge on any atom is 0.168 e. The Labute approximate surface area is 62.9 Å². The molecular weight excluding hydrogens is 128 g/mol. The number of hydrogen-bond acceptors (Lipinski definition) is 2. The molecule has 2 N–H and O–H groups in total. The highest BCUT2D eigenvalue weighted by atomic mass is 16.5. The highest BCUT2D eigenvalue weighted by Gasteiger charge is 2.28. The first-order valence-corrected chi connectivity index (χ1v) is 3.61. The molecule has 0 aliphatic heterocycles. The van der Waals surface area contributed by atoms with Gasteiger partial charge >= 0.3 is 0 Å². The first kappa shape index (κ1) is 9.92. The van der Waals surface area contributed by atoms with Gasteiger partial charge in [-0.05, 0) is 5.92 Å². The van der Waals surface area contributed by atoms with Gasteiger partial charge in [-0.1, -0.05) is 27.7 Å². The second kappa shape index (κ2) is 3.35. The van der Waals surface area contributed by atoms with Crippen molar-refractivity contribution in [1.29, 1.82) is 0 Å². The van der Waals surface area contributed by atoms with Crippen molar-refractivity contribution < 1.29 is 10.2 Å². The van der Waals surface area contributed by atoms with E-state index in [0.29, 0.717) is 18.3 Å². The molecule has 1 radical (unpaired) electrons. The molecule has 2 heteroatoms. The van der Waals surface area contributed by atoms with Crippen molar-refractivity contribution in [1.82, 2.24) is 0 Å². The van der Waals surface area contributed by atoms with E-state index in [1.165, 1.54) is 0 Å². The van der Waals surface area contributed by atoms with E-state index in [9.17, 15) is 10.2 Å². The zero-order chi connectivity index (χ0) is 8.36. The van der Waals surface area contributed by atoms with Gasteiger partial charge in [0, 0.05) is 12.3 Å². The van der Waals surface area contributed by atoms with Gasteiger partial charge in [-0.2, -0.15) is 0 Å². The quantitative estimate of drug-likeness (QED) is 0.588. The summed E-state index contributed by atoms with van der Waals surface area (Å²) in [7, 11) is 0. The average molecular weight is 145 g/mol. The predicted molar refractivity (Wildman–Crippen MR) is 41.2 cm³/mol. The first-order valence-electron chi connectivity index (χ1n) is 3.61. The lowest BCUT2D eigenvalue weighted by Gasteiger charge is -2.26. The van der Waals surface area contributed by atoms with E-state index < -0.39 is 5.79 Å². The molecule has 0 aromatic rings. The normalized spacial score (nSPS) is 13.2. The topological polar surface area (TPSA) is 40.5 Å². The summed E-state index contributed by atoms with van der Waals surface area (Å²) in [6, 6.07) is 0. The Hall–Kier alpha value is -0.0800. The van der Waals surface area contributed by atoms with E-state index in [0.717, 1.165) is 0 Å². The molecule has 0 bridgehead atoms. The highest BCUT2D eigenvalue weighted by molar-refractivity contribution is 4.93. The average Bonchev–Trinajstić information content (AvgIpc) is 1.60.